The van der Waals surface area contributed by atoms with Crippen LogP contribution >= 0.6 is 0 Å². The molecule has 90 valence electrons. The van der Waals surface area contributed by atoms with Crippen LogP contribution in [0.15, 0.2) is 13.2 Å². The average Bonchev–Trinajstić information content (AvgIpc) is 2.02. The molecule has 2 nitrogen and oxygen atoms in total. The van der Waals surface area contributed by atoms with Crippen LogP contribution in [0.4, 0.5) is 30.7 Å². The first-order valence-corrected chi connectivity index (χ1v) is 3.00. The molecule has 0 atom stereocenters. The molecule has 0 aliphatic carbocycles. The number of alkyl halides is 7. The maximum Gasteiger partial charge on any atom is 0.442 e. The number of carboxylic acids is 1. The van der Waals surface area contributed by atoms with E-state index in [1.807, 2.05) is 0 Å². The number of aliphatic carboxylic acids is 1. The number of rotatable bonds is 1. The van der Waals surface area contributed by atoms with Crippen molar-refractivity contribution in [1.82, 2.24) is 0 Å². The van der Waals surface area contributed by atoms with E-state index in [2.05, 4.69) is 13.2 Å². The van der Waals surface area contributed by atoms with Crippen LogP contribution in [0.3, 0.4) is 0 Å². The molecule has 0 fully saturated rings. The van der Waals surface area contributed by atoms with Crippen molar-refractivity contribution in [3.63, 3.8) is 0 Å². The van der Waals surface area contributed by atoms with Gasteiger partial charge in [-0.1, -0.05) is 0 Å². The molecular weight excluding hydrogens is 237 g/mol. The predicted octanol–water partition coefficient (Wildman–Crippen LogP) is 2.71. The summed E-state index contributed by atoms with van der Waals surface area (Å²) in [6.07, 6.45) is -13.1. The molecule has 0 aliphatic rings. The first kappa shape index (κ1) is 16.2. The highest BCUT2D eigenvalue weighted by molar-refractivity contribution is 5.79. The summed E-state index contributed by atoms with van der Waals surface area (Å²) in [6.45, 7) is 6.00. The Balaban J connectivity index is 0. The molecule has 0 rings (SSSR count). The van der Waals surface area contributed by atoms with Crippen molar-refractivity contribution in [2.24, 2.45) is 0 Å². The highest BCUT2D eigenvalue weighted by Gasteiger charge is 2.78. The second kappa shape index (κ2) is 4.49. The normalized spacial score (nSPS) is 12.7. The Hall–Kier alpha value is -1.28. The van der Waals surface area contributed by atoms with Gasteiger partial charge in [0.05, 0.1) is 0 Å². The first-order chi connectivity index (χ1) is 6.44. The third-order valence-corrected chi connectivity index (χ3v) is 1.08. The molecule has 0 aromatic rings. The maximum atomic E-state index is 12.1. The van der Waals surface area contributed by atoms with E-state index in [0.29, 0.717) is 0 Å². The van der Waals surface area contributed by atoms with Crippen molar-refractivity contribution in [2.75, 3.05) is 0 Å². The Morgan fingerprint density at radius 3 is 1.07 bits per heavy atom. The summed E-state index contributed by atoms with van der Waals surface area (Å²) in [5.41, 5.74) is -6.21. The number of carboxylic acid groups (broad SMARTS) is 1. The van der Waals surface area contributed by atoms with Crippen molar-refractivity contribution < 1.29 is 40.6 Å². The van der Waals surface area contributed by atoms with E-state index in [0.717, 1.165) is 0 Å². The second-order valence-corrected chi connectivity index (χ2v) is 1.96. The fourth-order valence-electron chi connectivity index (χ4n) is 0.403. The van der Waals surface area contributed by atoms with Crippen LogP contribution in [0.5, 0.6) is 0 Å². The lowest BCUT2D eigenvalue weighted by Gasteiger charge is -2.25. The van der Waals surface area contributed by atoms with Gasteiger partial charge in [-0.2, -0.15) is 26.3 Å². The Morgan fingerprint density at radius 1 is 0.867 bits per heavy atom. The monoisotopic (exact) mass is 242 g/mol. The first-order valence-electron chi connectivity index (χ1n) is 3.00. The summed E-state index contributed by atoms with van der Waals surface area (Å²) in [7, 11) is 0. The van der Waals surface area contributed by atoms with Crippen LogP contribution in [0.25, 0.3) is 0 Å². The van der Waals surface area contributed by atoms with Crippen LogP contribution in [0, 0.1) is 0 Å². The van der Waals surface area contributed by atoms with Gasteiger partial charge in [0.15, 0.2) is 0 Å². The van der Waals surface area contributed by atoms with E-state index in [1.54, 1.807) is 0 Å². The number of carbonyl (C=O) groups is 1. The van der Waals surface area contributed by atoms with Gasteiger partial charge in [-0.15, -0.1) is 13.2 Å². The van der Waals surface area contributed by atoms with E-state index in [4.69, 9.17) is 5.11 Å². The Labute approximate surface area is 79.0 Å². The van der Waals surface area contributed by atoms with E-state index in [9.17, 15) is 35.5 Å². The van der Waals surface area contributed by atoms with Crippen LogP contribution in [-0.4, -0.2) is 29.1 Å². The molecule has 0 aromatic heterocycles. The SMILES string of the molecule is C=C.O=C(O)C(F)(C(F)(F)F)C(F)(F)F. The lowest BCUT2D eigenvalue weighted by atomic mass is 10.1. The van der Waals surface area contributed by atoms with Gasteiger partial charge in [0.25, 0.3) is 0 Å². The highest BCUT2D eigenvalue weighted by atomic mass is 19.4. The maximum absolute atomic E-state index is 12.1. The lowest BCUT2D eigenvalue weighted by Crippen LogP contribution is -2.58. The molecule has 0 heterocycles. The minimum Gasteiger partial charge on any atom is -0.478 e. The third-order valence-electron chi connectivity index (χ3n) is 1.08. The minimum absolute atomic E-state index is 3.00. The molecule has 0 saturated heterocycles. The lowest BCUT2D eigenvalue weighted by molar-refractivity contribution is -0.331. The molecule has 9 heteroatoms. The van der Waals surface area contributed by atoms with Crippen LogP contribution in [0.1, 0.15) is 0 Å². The molecule has 0 saturated carbocycles. The summed E-state index contributed by atoms with van der Waals surface area (Å²) >= 11 is 0. The van der Waals surface area contributed by atoms with Crippen LogP contribution < -0.4 is 0 Å². The zero-order chi connectivity index (χ0) is 13.1. The van der Waals surface area contributed by atoms with Gasteiger partial charge in [0, 0.05) is 0 Å². The Bertz CT molecular complexity index is 215. The van der Waals surface area contributed by atoms with E-state index in [1.165, 1.54) is 0 Å². The third kappa shape index (κ3) is 2.83. The predicted molar refractivity (Wildman–Crippen MR) is 34.8 cm³/mol. The molecule has 0 spiro atoms. The van der Waals surface area contributed by atoms with Gasteiger partial charge in [-0.05, 0) is 0 Å². The summed E-state index contributed by atoms with van der Waals surface area (Å²) in [6, 6.07) is 0. The molecule has 0 aliphatic heterocycles. The zero-order valence-electron chi connectivity index (χ0n) is 6.92. The molecular formula is C6H5F7O2. The topological polar surface area (TPSA) is 37.3 Å². The van der Waals surface area contributed by atoms with Crippen molar-refractivity contribution in [3.8, 4) is 0 Å². The number of hydrogen-bond donors (Lipinski definition) is 1. The molecule has 1 N–H and O–H groups in total. The largest absolute Gasteiger partial charge is 0.478 e. The number of halogens is 7. The molecule has 0 radical (unpaired) electrons. The van der Waals surface area contributed by atoms with Gasteiger partial charge in [-0.3, -0.25) is 0 Å². The molecule has 15 heavy (non-hydrogen) atoms. The second-order valence-electron chi connectivity index (χ2n) is 1.96. The molecule has 0 bridgehead atoms. The van der Waals surface area contributed by atoms with Crippen molar-refractivity contribution >= 4 is 5.97 Å². The summed E-state index contributed by atoms with van der Waals surface area (Å²) < 4.78 is 80.3. The van der Waals surface area contributed by atoms with Crippen molar-refractivity contribution in [1.29, 1.82) is 0 Å². The summed E-state index contributed by atoms with van der Waals surface area (Å²) in [5, 5.41) is 7.49. The van der Waals surface area contributed by atoms with Crippen molar-refractivity contribution in [2.45, 2.75) is 18.0 Å². The van der Waals surface area contributed by atoms with Gasteiger partial charge in [0.1, 0.15) is 0 Å². The summed E-state index contributed by atoms with van der Waals surface area (Å²) in [4.78, 5) is 9.50. The quantitative estimate of drug-likeness (QED) is 0.567. The van der Waals surface area contributed by atoms with Crippen LogP contribution in [-0.2, 0) is 4.79 Å². The van der Waals surface area contributed by atoms with Crippen molar-refractivity contribution in [3.05, 3.63) is 13.2 Å². The smallest absolute Gasteiger partial charge is 0.442 e. The molecule has 0 unspecified atom stereocenters. The van der Waals surface area contributed by atoms with E-state index < -0.39 is 24.0 Å². The average molecular weight is 242 g/mol. The minimum atomic E-state index is -6.53. The van der Waals surface area contributed by atoms with Gasteiger partial charge < -0.3 is 5.11 Å². The van der Waals surface area contributed by atoms with Gasteiger partial charge in [-0.25, -0.2) is 9.18 Å². The van der Waals surface area contributed by atoms with Gasteiger partial charge >= 0.3 is 24.0 Å². The Morgan fingerprint density at radius 2 is 1.07 bits per heavy atom. The standard InChI is InChI=1S/C4HF7O2.C2H4/c5-2(1(12)13,3(6,7)8)4(9,10)11;1-2/h(H,12,13);1-2H2. The summed E-state index contributed by atoms with van der Waals surface area (Å²) in [5.74, 6) is -3.63. The number of hydrogen-bond acceptors (Lipinski definition) is 1. The fourth-order valence-corrected chi connectivity index (χ4v) is 0.403. The zero-order valence-corrected chi connectivity index (χ0v) is 6.92. The molecule has 0 aromatic carbocycles. The van der Waals surface area contributed by atoms with E-state index >= 15 is 0 Å². The Kier molecular flexibility index (Phi) is 4.84. The van der Waals surface area contributed by atoms with Gasteiger partial charge in [0.2, 0.25) is 0 Å². The van der Waals surface area contributed by atoms with E-state index in [-0.39, 0.29) is 0 Å². The molecule has 0 amide bonds. The highest BCUT2D eigenvalue weighted by Crippen LogP contribution is 2.46. The van der Waals surface area contributed by atoms with Crippen LogP contribution in [0.2, 0.25) is 0 Å². The fraction of sp³-hybridized carbons (Fsp3) is 0.500.